The summed E-state index contributed by atoms with van der Waals surface area (Å²) in [5.74, 6) is 0.999. The molecule has 0 spiro atoms. The summed E-state index contributed by atoms with van der Waals surface area (Å²) in [5, 5.41) is 8.10. The second-order valence-corrected chi connectivity index (χ2v) is 7.16. The van der Waals surface area contributed by atoms with Crippen LogP contribution < -0.4 is 15.0 Å². The van der Waals surface area contributed by atoms with Gasteiger partial charge in [0.15, 0.2) is 5.82 Å². The van der Waals surface area contributed by atoms with Gasteiger partial charge in [-0.05, 0) is 37.3 Å². The topological polar surface area (TPSA) is 121 Å². The van der Waals surface area contributed by atoms with Crippen molar-refractivity contribution in [1.29, 1.82) is 0 Å². The first-order chi connectivity index (χ1) is 13.0. The summed E-state index contributed by atoms with van der Waals surface area (Å²) < 4.78 is 35.0. The lowest BCUT2D eigenvalue weighted by atomic mass is 10.3. The molecule has 0 saturated carbocycles. The highest BCUT2D eigenvalue weighted by atomic mass is 32.2. The number of nitrogens with one attached hydrogen (secondary N) is 1. The van der Waals surface area contributed by atoms with Crippen LogP contribution in [0.2, 0.25) is 0 Å². The van der Waals surface area contributed by atoms with Crippen LogP contribution in [0, 0.1) is 0 Å². The molecule has 2 heterocycles. The van der Waals surface area contributed by atoms with Crippen molar-refractivity contribution in [2.45, 2.75) is 18.4 Å². The molecule has 0 aliphatic rings. The number of aromatic nitrogens is 5. The molecule has 2 aromatic heterocycles. The van der Waals surface area contributed by atoms with Crippen LogP contribution in [0.1, 0.15) is 6.92 Å². The second kappa shape index (κ2) is 8.10. The van der Waals surface area contributed by atoms with E-state index in [1.54, 1.807) is 12.1 Å². The number of sulfonamides is 1. The third-order valence-electron chi connectivity index (χ3n) is 3.57. The zero-order valence-corrected chi connectivity index (χ0v) is 15.3. The summed E-state index contributed by atoms with van der Waals surface area (Å²) in [4.78, 5) is 15.9. The van der Waals surface area contributed by atoms with Crippen LogP contribution in [0.4, 0.5) is 0 Å². The average Bonchev–Trinajstić information content (AvgIpc) is 3.19. The van der Waals surface area contributed by atoms with Crippen molar-refractivity contribution in [3.8, 4) is 11.6 Å². The van der Waals surface area contributed by atoms with Gasteiger partial charge in [-0.25, -0.2) is 27.5 Å². The second-order valence-electron chi connectivity index (χ2n) is 5.40. The molecule has 1 N–H and O–H groups in total. The summed E-state index contributed by atoms with van der Waals surface area (Å²) in [5.41, 5.74) is -0.348. The third-order valence-corrected chi connectivity index (χ3v) is 5.04. The monoisotopic (exact) mass is 390 g/mol. The van der Waals surface area contributed by atoms with Crippen molar-refractivity contribution in [2.75, 3.05) is 13.2 Å². The molecule has 0 saturated heterocycles. The van der Waals surface area contributed by atoms with Gasteiger partial charge < -0.3 is 4.74 Å². The summed E-state index contributed by atoms with van der Waals surface area (Å²) in [6.45, 7) is 2.42. The Morgan fingerprint density at radius 2 is 1.93 bits per heavy atom. The van der Waals surface area contributed by atoms with E-state index in [1.165, 1.54) is 41.6 Å². The molecule has 27 heavy (non-hydrogen) atoms. The van der Waals surface area contributed by atoms with Gasteiger partial charge in [-0.3, -0.25) is 4.79 Å². The number of benzene rings is 1. The molecule has 0 amide bonds. The van der Waals surface area contributed by atoms with Crippen LogP contribution in [0.5, 0.6) is 5.75 Å². The third kappa shape index (κ3) is 4.57. The Balaban J connectivity index is 1.66. The minimum absolute atomic E-state index is 0.00324. The zero-order chi connectivity index (χ0) is 19.3. The first kappa shape index (κ1) is 18.7. The number of nitrogens with zero attached hydrogens (tertiary/aromatic N) is 5. The SMILES string of the molecule is CCOc1ccc(S(=O)(=O)NCCn2nc(-n3cncn3)ccc2=O)cc1. The first-order valence-corrected chi connectivity index (χ1v) is 9.63. The first-order valence-electron chi connectivity index (χ1n) is 8.15. The molecule has 0 aliphatic carbocycles. The lowest BCUT2D eigenvalue weighted by Gasteiger charge is -2.09. The van der Waals surface area contributed by atoms with E-state index in [2.05, 4.69) is 19.9 Å². The van der Waals surface area contributed by atoms with Crippen molar-refractivity contribution < 1.29 is 13.2 Å². The van der Waals surface area contributed by atoms with E-state index in [9.17, 15) is 13.2 Å². The van der Waals surface area contributed by atoms with Gasteiger partial charge in [0, 0.05) is 12.6 Å². The van der Waals surface area contributed by atoms with Crippen LogP contribution in [0.3, 0.4) is 0 Å². The minimum atomic E-state index is -3.70. The highest BCUT2D eigenvalue weighted by Crippen LogP contribution is 2.15. The molecule has 0 aliphatic heterocycles. The van der Waals surface area contributed by atoms with E-state index in [0.717, 1.165) is 4.68 Å². The molecule has 10 nitrogen and oxygen atoms in total. The smallest absolute Gasteiger partial charge is 0.266 e. The molecule has 0 unspecified atom stereocenters. The largest absolute Gasteiger partial charge is 0.494 e. The molecular formula is C16H18N6O4S. The van der Waals surface area contributed by atoms with Gasteiger partial charge in [0.1, 0.15) is 18.4 Å². The summed E-state index contributed by atoms with van der Waals surface area (Å²) in [6.07, 6.45) is 2.80. The summed E-state index contributed by atoms with van der Waals surface area (Å²) >= 11 is 0. The average molecular weight is 390 g/mol. The van der Waals surface area contributed by atoms with E-state index in [0.29, 0.717) is 18.2 Å². The van der Waals surface area contributed by atoms with Gasteiger partial charge in [-0.1, -0.05) is 0 Å². The predicted octanol–water partition coefficient (Wildman–Crippen LogP) is 0.201. The van der Waals surface area contributed by atoms with E-state index in [4.69, 9.17) is 4.74 Å². The maximum Gasteiger partial charge on any atom is 0.266 e. The Kier molecular flexibility index (Phi) is 5.62. The number of ether oxygens (including phenoxy) is 1. The Hall–Kier alpha value is -3.05. The van der Waals surface area contributed by atoms with Gasteiger partial charge in [0.2, 0.25) is 10.0 Å². The standard InChI is InChI=1S/C16H18N6O4S/c1-2-26-13-3-5-14(6-4-13)27(24,25)19-9-10-21-16(23)8-7-15(20-21)22-12-17-11-18-22/h3-8,11-12,19H,2,9-10H2,1H3. The maximum absolute atomic E-state index is 12.3. The number of hydrogen-bond donors (Lipinski definition) is 1. The Morgan fingerprint density at radius 1 is 1.15 bits per heavy atom. The predicted molar refractivity (Wildman–Crippen MR) is 96.2 cm³/mol. The molecule has 142 valence electrons. The van der Waals surface area contributed by atoms with Crippen LogP contribution >= 0.6 is 0 Å². The molecule has 1 aromatic carbocycles. The number of hydrogen-bond acceptors (Lipinski definition) is 7. The summed E-state index contributed by atoms with van der Waals surface area (Å²) in [7, 11) is -3.70. The summed E-state index contributed by atoms with van der Waals surface area (Å²) in [6, 6.07) is 8.95. The Bertz CT molecular complexity index is 1050. The molecule has 0 radical (unpaired) electrons. The van der Waals surface area contributed by atoms with Gasteiger partial charge >= 0.3 is 0 Å². The van der Waals surface area contributed by atoms with Crippen molar-refractivity contribution in [3.05, 3.63) is 59.4 Å². The molecule has 3 aromatic rings. The van der Waals surface area contributed by atoms with E-state index >= 15 is 0 Å². The fourth-order valence-electron chi connectivity index (χ4n) is 2.30. The number of rotatable bonds is 8. The van der Waals surface area contributed by atoms with E-state index in [-0.39, 0.29) is 23.5 Å². The quantitative estimate of drug-likeness (QED) is 0.583. The zero-order valence-electron chi connectivity index (χ0n) is 14.5. The van der Waals surface area contributed by atoms with E-state index in [1.807, 2.05) is 6.92 Å². The van der Waals surface area contributed by atoms with Gasteiger partial charge in [-0.2, -0.15) is 5.10 Å². The van der Waals surface area contributed by atoms with Crippen molar-refractivity contribution in [2.24, 2.45) is 0 Å². The fraction of sp³-hybridized carbons (Fsp3) is 0.250. The lowest BCUT2D eigenvalue weighted by Crippen LogP contribution is -2.32. The Morgan fingerprint density at radius 3 is 2.59 bits per heavy atom. The molecular weight excluding hydrogens is 372 g/mol. The minimum Gasteiger partial charge on any atom is -0.494 e. The van der Waals surface area contributed by atoms with Crippen LogP contribution in [-0.4, -0.2) is 46.1 Å². The molecule has 3 rings (SSSR count). The van der Waals surface area contributed by atoms with Crippen LogP contribution in [0.15, 0.2) is 58.7 Å². The highest BCUT2D eigenvalue weighted by Gasteiger charge is 2.14. The van der Waals surface area contributed by atoms with Crippen molar-refractivity contribution in [3.63, 3.8) is 0 Å². The molecule has 11 heteroatoms. The maximum atomic E-state index is 12.3. The van der Waals surface area contributed by atoms with Gasteiger partial charge in [0.05, 0.1) is 18.0 Å². The normalized spacial score (nSPS) is 11.4. The van der Waals surface area contributed by atoms with Gasteiger partial charge in [0.25, 0.3) is 5.56 Å². The van der Waals surface area contributed by atoms with Crippen molar-refractivity contribution >= 4 is 10.0 Å². The fourth-order valence-corrected chi connectivity index (χ4v) is 3.32. The lowest BCUT2D eigenvalue weighted by molar-refractivity contribution is 0.340. The van der Waals surface area contributed by atoms with Crippen molar-refractivity contribution in [1.82, 2.24) is 29.3 Å². The van der Waals surface area contributed by atoms with Crippen LogP contribution in [-0.2, 0) is 16.6 Å². The molecule has 0 atom stereocenters. The van der Waals surface area contributed by atoms with Crippen LogP contribution in [0.25, 0.3) is 5.82 Å². The Labute approximate surface area is 155 Å². The van der Waals surface area contributed by atoms with E-state index < -0.39 is 10.0 Å². The molecule has 0 fully saturated rings. The molecule has 0 bridgehead atoms. The van der Waals surface area contributed by atoms with Gasteiger partial charge in [-0.15, -0.1) is 5.10 Å². The highest BCUT2D eigenvalue weighted by molar-refractivity contribution is 7.89.